The van der Waals surface area contributed by atoms with Crippen molar-refractivity contribution < 1.29 is 13.4 Å². The summed E-state index contributed by atoms with van der Waals surface area (Å²) < 4.78 is 25.0. The first-order valence-electron chi connectivity index (χ1n) is 6.54. The van der Waals surface area contributed by atoms with Gasteiger partial charge in [-0.2, -0.15) is 0 Å². The maximum atomic E-state index is 12.8. The lowest BCUT2D eigenvalue weighted by molar-refractivity contribution is -0.121. The van der Waals surface area contributed by atoms with Gasteiger partial charge < -0.3 is 5.32 Å². The second-order valence-corrected chi connectivity index (χ2v) is 6.66. The van der Waals surface area contributed by atoms with Gasteiger partial charge in [-0.25, -0.2) is 4.39 Å². The highest BCUT2D eigenvalue weighted by molar-refractivity contribution is 7.86. The van der Waals surface area contributed by atoms with Crippen LogP contribution < -0.4 is 5.32 Å². The highest BCUT2D eigenvalue weighted by Gasteiger charge is 2.25. The van der Waals surface area contributed by atoms with Crippen LogP contribution in [0.1, 0.15) is 32.6 Å². The van der Waals surface area contributed by atoms with E-state index in [2.05, 4.69) is 5.32 Å². The van der Waals surface area contributed by atoms with Crippen molar-refractivity contribution in [3.8, 4) is 0 Å². The van der Waals surface area contributed by atoms with E-state index in [1.807, 2.05) is 0 Å². The number of hydrogen-bond donors (Lipinski definition) is 1. The predicted molar refractivity (Wildman–Crippen MR) is 72.7 cm³/mol. The molecule has 2 atom stereocenters. The van der Waals surface area contributed by atoms with E-state index < -0.39 is 16.0 Å². The zero-order chi connectivity index (χ0) is 13.8. The molecule has 0 radical (unpaired) electrons. The number of halogens is 1. The SMILES string of the molecule is CC(C(=O)NC1CCCC1)S(=O)c1ccc(F)cc1. The molecule has 1 aromatic rings. The minimum absolute atomic E-state index is 0.186. The Labute approximate surface area is 115 Å². The van der Waals surface area contributed by atoms with Gasteiger partial charge in [-0.3, -0.25) is 9.00 Å². The Kier molecular flexibility index (Phi) is 4.69. The number of nitrogens with one attached hydrogen (secondary N) is 1. The third-order valence-electron chi connectivity index (χ3n) is 3.44. The maximum absolute atomic E-state index is 12.8. The Balaban J connectivity index is 1.97. The smallest absolute Gasteiger partial charge is 0.236 e. The van der Waals surface area contributed by atoms with E-state index in [1.165, 1.54) is 24.3 Å². The molecule has 0 spiro atoms. The van der Waals surface area contributed by atoms with Gasteiger partial charge >= 0.3 is 0 Å². The topological polar surface area (TPSA) is 46.2 Å². The Morgan fingerprint density at radius 3 is 2.47 bits per heavy atom. The lowest BCUT2D eigenvalue weighted by Crippen LogP contribution is -2.40. The third kappa shape index (κ3) is 3.62. The fourth-order valence-electron chi connectivity index (χ4n) is 2.26. The third-order valence-corrected chi connectivity index (χ3v) is 5.03. The molecule has 0 aliphatic heterocycles. The van der Waals surface area contributed by atoms with Crippen LogP contribution in [0.25, 0.3) is 0 Å². The van der Waals surface area contributed by atoms with Gasteiger partial charge in [0.2, 0.25) is 5.91 Å². The number of hydrogen-bond acceptors (Lipinski definition) is 2. The fourth-order valence-corrected chi connectivity index (χ4v) is 3.33. The van der Waals surface area contributed by atoms with Crippen molar-refractivity contribution in [3.63, 3.8) is 0 Å². The first-order chi connectivity index (χ1) is 9.08. The minimum Gasteiger partial charge on any atom is -0.352 e. The number of rotatable bonds is 4. The van der Waals surface area contributed by atoms with Crippen LogP contribution in [0.5, 0.6) is 0 Å². The van der Waals surface area contributed by atoms with E-state index in [-0.39, 0.29) is 17.8 Å². The van der Waals surface area contributed by atoms with Crippen LogP contribution in [0.4, 0.5) is 4.39 Å². The van der Waals surface area contributed by atoms with Crippen molar-refractivity contribution in [1.82, 2.24) is 5.32 Å². The van der Waals surface area contributed by atoms with Crippen LogP contribution in [0, 0.1) is 5.82 Å². The molecule has 1 amide bonds. The Bertz CT molecular complexity index is 469. The zero-order valence-corrected chi connectivity index (χ0v) is 11.7. The molecule has 104 valence electrons. The molecule has 19 heavy (non-hydrogen) atoms. The highest BCUT2D eigenvalue weighted by atomic mass is 32.2. The molecule has 0 saturated heterocycles. The van der Waals surface area contributed by atoms with Gasteiger partial charge in [-0.05, 0) is 44.0 Å². The fraction of sp³-hybridized carbons (Fsp3) is 0.500. The first kappa shape index (κ1) is 14.2. The van der Waals surface area contributed by atoms with Crippen LogP contribution in [0.2, 0.25) is 0 Å². The maximum Gasteiger partial charge on any atom is 0.236 e. The van der Waals surface area contributed by atoms with E-state index in [0.29, 0.717) is 4.90 Å². The van der Waals surface area contributed by atoms with Gasteiger partial charge in [0, 0.05) is 10.9 Å². The molecule has 0 bridgehead atoms. The summed E-state index contributed by atoms with van der Waals surface area (Å²) in [7, 11) is -1.45. The van der Waals surface area contributed by atoms with Crippen LogP contribution in [-0.4, -0.2) is 21.4 Å². The number of amides is 1. The first-order valence-corrected chi connectivity index (χ1v) is 7.76. The van der Waals surface area contributed by atoms with Crippen molar-refractivity contribution in [1.29, 1.82) is 0 Å². The van der Waals surface area contributed by atoms with E-state index in [0.717, 1.165) is 25.7 Å². The summed E-state index contributed by atoms with van der Waals surface area (Å²) in [4.78, 5) is 12.5. The Morgan fingerprint density at radius 2 is 1.89 bits per heavy atom. The van der Waals surface area contributed by atoms with Crippen LogP contribution in [0.15, 0.2) is 29.2 Å². The van der Waals surface area contributed by atoms with Crippen molar-refractivity contribution in [2.24, 2.45) is 0 Å². The summed E-state index contributed by atoms with van der Waals surface area (Å²) in [6, 6.07) is 5.67. The van der Waals surface area contributed by atoms with Gasteiger partial charge in [-0.15, -0.1) is 0 Å². The van der Waals surface area contributed by atoms with Gasteiger partial charge in [-0.1, -0.05) is 12.8 Å². The predicted octanol–water partition coefficient (Wildman–Crippen LogP) is 2.38. The molecule has 1 fully saturated rings. The van der Waals surface area contributed by atoms with Crippen molar-refractivity contribution >= 4 is 16.7 Å². The lowest BCUT2D eigenvalue weighted by atomic mass is 10.2. The largest absolute Gasteiger partial charge is 0.352 e. The molecule has 2 rings (SSSR count). The standard InChI is InChI=1S/C14H18FNO2S/c1-10(14(17)16-12-4-2-3-5-12)19(18)13-8-6-11(15)7-9-13/h6-10,12H,2-5H2,1H3,(H,16,17). The van der Waals surface area contributed by atoms with Crippen LogP contribution >= 0.6 is 0 Å². The highest BCUT2D eigenvalue weighted by Crippen LogP contribution is 2.18. The molecule has 1 aliphatic rings. The molecule has 5 heteroatoms. The molecule has 2 unspecified atom stereocenters. The summed E-state index contributed by atoms with van der Waals surface area (Å²) in [6.07, 6.45) is 4.28. The molecule has 1 saturated carbocycles. The zero-order valence-electron chi connectivity index (χ0n) is 10.9. The minimum atomic E-state index is -1.45. The Morgan fingerprint density at radius 1 is 1.32 bits per heavy atom. The molecule has 1 aliphatic carbocycles. The van der Waals surface area contributed by atoms with Crippen molar-refractivity contribution in [3.05, 3.63) is 30.1 Å². The molecule has 0 heterocycles. The molecular weight excluding hydrogens is 265 g/mol. The normalized spacial score (nSPS) is 19.1. The number of carbonyl (C=O) groups excluding carboxylic acids is 1. The number of benzene rings is 1. The van der Waals surface area contributed by atoms with Crippen LogP contribution in [0.3, 0.4) is 0 Å². The van der Waals surface area contributed by atoms with Gasteiger partial charge in [0.15, 0.2) is 0 Å². The summed E-state index contributed by atoms with van der Waals surface area (Å²) in [6.45, 7) is 1.64. The molecule has 0 aromatic heterocycles. The van der Waals surface area contributed by atoms with E-state index in [1.54, 1.807) is 6.92 Å². The lowest BCUT2D eigenvalue weighted by Gasteiger charge is -2.16. The van der Waals surface area contributed by atoms with Crippen molar-refractivity contribution in [2.75, 3.05) is 0 Å². The second kappa shape index (κ2) is 6.28. The summed E-state index contributed by atoms with van der Waals surface area (Å²) in [5, 5.41) is 2.32. The molecule has 1 aromatic carbocycles. The Hall–Kier alpha value is -1.23. The second-order valence-electron chi connectivity index (χ2n) is 4.88. The average molecular weight is 283 g/mol. The molecule has 1 N–H and O–H groups in total. The van der Waals surface area contributed by atoms with E-state index in [9.17, 15) is 13.4 Å². The van der Waals surface area contributed by atoms with E-state index >= 15 is 0 Å². The van der Waals surface area contributed by atoms with E-state index in [4.69, 9.17) is 0 Å². The quantitative estimate of drug-likeness (QED) is 0.922. The molecular formula is C14H18FNO2S. The monoisotopic (exact) mass is 283 g/mol. The summed E-state index contributed by atoms with van der Waals surface area (Å²) in [5.74, 6) is -0.557. The van der Waals surface area contributed by atoms with Crippen molar-refractivity contribution in [2.45, 2.75) is 48.8 Å². The van der Waals surface area contributed by atoms with Gasteiger partial charge in [0.25, 0.3) is 0 Å². The van der Waals surface area contributed by atoms with Crippen LogP contribution in [-0.2, 0) is 15.6 Å². The summed E-state index contributed by atoms with van der Waals surface area (Å²) >= 11 is 0. The van der Waals surface area contributed by atoms with Gasteiger partial charge in [0.05, 0.1) is 10.8 Å². The average Bonchev–Trinajstić information content (AvgIpc) is 2.90. The van der Waals surface area contributed by atoms with Gasteiger partial charge in [0.1, 0.15) is 11.1 Å². The summed E-state index contributed by atoms with van der Waals surface area (Å²) in [5.41, 5.74) is 0. The molecule has 3 nitrogen and oxygen atoms in total. The number of carbonyl (C=O) groups is 1.